The Hall–Kier alpha value is -1.91. The van der Waals surface area contributed by atoms with Gasteiger partial charge in [-0.05, 0) is 13.8 Å². The molecule has 0 saturated carbocycles. The number of carbonyl (C=O) groups is 3. The fourth-order valence-corrected chi connectivity index (χ4v) is 1.67. The van der Waals surface area contributed by atoms with Gasteiger partial charge < -0.3 is 0 Å². The van der Waals surface area contributed by atoms with Crippen LogP contribution in [0.1, 0.15) is 13.8 Å². The van der Waals surface area contributed by atoms with Gasteiger partial charge in [-0.2, -0.15) is 0 Å². The first-order valence-electron chi connectivity index (χ1n) is 5.27. The molecule has 0 aliphatic carbocycles. The van der Waals surface area contributed by atoms with Crippen LogP contribution < -0.4 is 0 Å². The lowest BCUT2D eigenvalue weighted by Crippen LogP contribution is -2.63. The zero-order chi connectivity index (χ0) is 13.2. The SMILES string of the molecule is C=CCN1C(=O)N(CC=C)C(=O)C(C)(C)C1=O. The molecule has 1 aliphatic heterocycles. The Morgan fingerprint density at radius 3 is 1.65 bits per heavy atom. The molecular weight excluding hydrogens is 220 g/mol. The third kappa shape index (κ3) is 2.00. The lowest BCUT2D eigenvalue weighted by Gasteiger charge is -2.39. The molecule has 0 aromatic carbocycles. The highest BCUT2D eigenvalue weighted by atomic mass is 16.2. The zero-order valence-electron chi connectivity index (χ0n) is 10.1. The van der Waals surface area contributed by atoms with E-state index >= 15 is 0 Å². The molecule has 1 heterocycles. The molecule has 5 nitrogen and oxygen atoms in total. The summed E-state index contributed by atoms with van der Waals surface area (Å²) in [7, 11) is 0. The van der Waals surface area contributed by atoms with Crippen molar-refractivity contribution in [3.05, 3.63) is 25.3 Å². The summed E-state index contributed by atoms with van der Waals surface area (Å²) in [6.07, 6.45) is 2.90. The van der Waals surface area contributed by atoms with E-state index in [1.807, 2.05) is 0 Å². The van der Waals surface area contributed by atoms with Gasteiger partial charge in [0.25, 0.3) is 0 Å². The van der Waals surface area contributed by atoms with Crippen LogP contribution in [0.3, 0.4) is 0 Å². The minimum Gasteiger partial charge on any atom is -0.273 e. The Kier molecular flexibility index (Phi) is 3.50. The topological polar surface area (TPSA) is 57.7 Å². The van der Waals surface area contributed by atoms with Crippen molar-refractivity contribution in [2.75, 3.05) is 13.1 Å². The second-order valence-corrected chi connectivity index (χ2v) is 4.32. The monoisotopic (exact) mass is 236 g/mol. The first kappa shape index (κ1) is 13.2. The van der Waals surface area contributed by atoms with Crippen LogP contribution in [0.15, 0.2) is 25.3 Å². The van der Waals surface area contributed by atoms with E-state index in [9.17, 15) is 14.4 Å². The van der Waals surface area contributed by atoms with Crippen LogP contribution in [-0.4, -0.2) is 40.7 Å². The van der Waals surface area contributed by atoms with Crippen molar-refractivity contribution in [3.63, 3.8) is 0 Å². The van der Waals surface area contributed by atoms with Crippen LogP contribution in [0.4, 0.5) is 4.79 Å². The Balaban J connectivity index is 3.16. The van der Waals surface area contributed by atoms with Gasteiger partial charge in [0.2, 0.25) is 11.8 Å². The average Bonchev–Trinajstić information content (AvgIpc) is 2.29. The zero-order valence-corrected chi connectivity index (χ0v) is 10.1. The number of imide groups is 2. The van der Waals surface area contributed by atoms with Crippen LogP contribution in [0.25, 0.3) is 0 Å². The molecule has 1 saturated heterocycles. The van der Waals surface area contributed by atoms with Crippen molar-refractivity contribution < 1.29 is 14.4 Å². The molecule has 0 aromatic rings. The van der Waals surface area contributed by atoms with Gasteiger partial charge in [0.05, 0.1) is 0 Å². The summed E-state index contributed by atoms with van der Waals surface area (Å²) in [4.78, 5) is 38.0. The molecule has 0 unspecified atom stereocenters. The Morgan fingerprint density at radius 2 is 1.35 bits per heavy atom. The third-order valence-electron chi connectivity index (χ3n) is 2.64. The number of hydrogen-bond acceptors (Lipinski definition) is 3. The Labute approximate surface area is 100 Å². The smallest absolute Gasteiger partial charge is 0.273 e. The normalized spacial score (nSPS) is 19.5. The van der Waals surface area contributed by atoms with E-state index in [-0.39, 0.29) is 13.1 Å². The standard InChI is InChI=1S/C12H16N2O3/c1-5-7-13-9(15)12(3,4)10(16)14(8-6-2)11(13)17/h5-6H,1-2,7-8H2,3-4H3. The third-order valence-corrected chi connectivity index (χ3v) is 2.64. The summed E-state index contributed by atoms with van der Waals surface area (Å²) in [5, 5.41) is 0. The molecule has 1 fully saturated rings. The minimum atomic E-state index is -1.22. The fourth-order valence-electron chi connectivity index (χ4n) is 1.67. The summed E-state index contributed by atoms with van der Waals surface area (Å²) in [6.45, 7) is 10.2. The highest BCUT2D eigenvalue weighted by Gasteiger charge is 2.50. The fraction of sp³-hybridized carbons (Fsp3) is 0.417. The molecule has 0 spiro atoms. The number of urea groups is 1. The predicted molar refractivity (Wildman–Crippen MR) is 63.0 cm³/mol. The summed E-state index contributed by atoms with van der Waals surface area (Å²) < 4.78 is 0. The van der Waals surface area contributed by atoms with Crippen molar-refractivity contribution in [2.45, 2.75) is 13.8 Å². The van der Waals surface area contributed by atoms with Crippen LogP contribution in [-0.2, 0) is 9.59 Å². The molecule has 0 aromatic heterocycles. The van der Waals surface area contributed by atoms with E-state index in [1.165, 1.54) is 26.0 Å². The van der Waals surface area contributed by atoms with Gasteiger partial charge in [0.15, 0.2) is 0 Å². The lowest BCUT2D eigenvalue weighted by atomic mass is 9.87. The maximum Gasteiger partial charge on any atom is 0.334 e. The molecule has 0 bridgehead atoms. The van der Waals surface area contributed by atoms with Crippen LogP contribution in [0, 0.1) is 5.41 Å². The van der Waals surface area contributed by atoms with Crippen molar-refractivity contribution >= 4 is 17.8 Å². The molecule has 0 atom stereocenters. The first-order valence-corrected chi connectivity index (χ1v) is 5.27. The first-order chi connectivity index (χ1) is 7.87. The Morgan fingerprint density at radius 1 is 1.00 bits per heavy atom. The molecule has 5 heteroatoms. The van der Waals surface area contributed by atoms with E-state index < -0.39 is 23.3 Å². The van der Waals surface area contributed by atoms with Gasteiger partial charge in [0.1, 0.15) is 5.41 Å². The lowest BCUT2D eigenvalue weighted by molar-refractivity contribution is -0.155. The minimum absolute atomic E-state index is 0.0992. The summed E-state index contributed by atoms with van der Waals surface area (Å²) in [5.74, 6) is -0.986. The van der Waals surface area contributed by atoms with Crippen molar-refractivity contribution in [1.29, 1.82) is 0 Å². The number of barbiturate groups is 1. The molecule has 92 valence electrons. The quantitative estimate of drug-likeness (QED) is 0.544. The molecule has 0 radical (unpaired) electrons. The number of carbonyl (C=O) groups excluding carboxylic acids is 3. The molecular formula is C12H16N2O3. The predicted octanol–water partition coefficient (Wildman–Crippen LogP) is 1.18. The molecule has 1 aliphatic rings. The largest absolute Gasteiger partial charge is 0.334 e. The maximum atomic E-state index is 12.0. The number of amides is 4. The molecule has 4 amide bonds. The van der Waals surface area contributed by atoms with Crippen LogP contribution in [0.5, 0.6) is 0 Å². The van der Waals surface area contributed by atoms with Crippen molar-refractivity contribution in [2.24, 2.45) is 5.41 Å². The number of hydrogen-bond donors (Lipinski definition) is 0. The number of rotatable bonds is 4. The Bertz CT molecular complexity index is 365. The van der Waals surface area contributed by atoms with Crippen LogP contribution >= 0.6 is 0 Å². The van der Waals surface area contributed by atoms with Gasteiger partial charge >= 0.3 is 6.03 Å². The average molecular weight is 236 g/mol. The van der Waals surface area contributed by atoms with E-state index in [4.69, 9.17) is 0 Å². The van der Waals surface area contributed by atoms with E-state index in [0.29, 0.717) is 0 Å². The van der Waals surface area contributed by atoms with Crippen molar-refractivity contribution in [3.8, 4) is 0 Å². The molecule has 1 rings (SSSR count). The summed E-state index contributed by atoms with van der Waals surface area (Å²) in [5.41, 5.74) is -1.22. The van der Waals surface area contributed by atoms with E-state index in [2.05, 4.69) is 13.2 Å². The van der Waals surface area contributed by atoms with E-state index in [1.54, 1.807) is 0 Å². The highest BCUT2D eigenvalue weighted by molar-refractivity contribution is 6.18. The highest BCUT2D eigenvalue weighted by Crippen LogP contribution is 2.28. The van der Waals surface area contributed by atoms with E-state index in [0.717, 1.165) is 9.80 Å². The second-order valence-electron chi connectivity index (χ2n) is 4.32. The van der Waals surface area contributed by atoms with Gasteiger partial charge in [-0.1, -0.05) is 12.2 Å². The summed E-state index contributed by atoms with van der Waals surface area (Å²) >= 11 is 0. The van der Waals surface area contributed by atoms with Gasteiger partial charge in [-0.15, -0.1) is 13.2 Å². The molecule has 17 heavy (non-hydrogen) atoms. The van der Waals surface area contributed by atoms with Crippen LogP contribution in [0.2, 0.25) is 0 Å². The second kappa shape index (κ2) is 4.53. The van der Waals surface area contributed by atoms with Gasteiger partial charge in [0, 0.05) is 13.1 Å². The van der Waals surface area contributed by atoms with Gasteiger partial charge in [-0.25, -0.2) is 4.79 Å². The number of nitrogens with zero attached hydrogens (tertiary/aromatic N) is 2. The maximum absolute atomic E-state index is 12.0. The van der Waals surface area contributed by atoms with Gasteiger partial charge in [-0.3, -0.25) is 19.4 Å². The summed E-state index contributed by atoms with van der Waals surface area (Å²) in [6, 6.07) is -0.612. The molecule has 0 N–H and O–H groups in total. The van der Waals surface area contributed by atoms with Crippen molar-refractivity contribution in [1.82, 2.24) is 9.80 Å².